The van der Waals surface area contributed by atoms with Gasteiger partial charge in [-0.25, -0.2) is 9.97 Å². The molecule has 0 aliphatic heterocycles. The zero-order valence-electron chi connectivity index (χ0n) is 12.3. The molecule has 0 amide bonds. The van der Waals surface area contributed by atoms with E-state index in [9.17, 15) is 0 Å². The highest BCUT2D eigenvalue weighted by Gasteiger charge is 2.09. The van der Waals surface area contributed by atoms with Gasteiger partial charge in [0.1, 0.15) is 11.6 Å². The summed E-state index contributed by atoms with van der Waals surface area (Å²) in [4.78, 5) is 10.5. The fourth-order valence-electron chi connectivity index (χ4n) is 2.12. The highest BCUT2D eigenvalue weighted by Crippen LogP contribution is 2.23. The van der Waals surface area contributed by atoms with E-state index in [2.05, 4.69) is 60.3 Å². The standard InChI is InChI=1S/C16H21N3S/c1-4-14-12(3)18-15(19-16(14)17-5-2)11-20-13-9-7-6-8-10-13/h6-10H,4-5,11H2,1-3H3,(H,17,18,19). The minimum Gasteiger partial charge on any atom is -0.370 e. The molecule has 106 valence electrons. The quantitative estimate of drug-likeness (QED) is 0.813. The molecular weight excluding hydrogens is 266 g/mol. The predicted octanol–water partition coefficient (Wildman–Crippen LogP) is 4.07. The zero-order valence-corrected chi connectivity index (χ0v) is 13.1. The van der Waals surface area contributed by atoms with E-state index < -0.39 is 0 Å². The maximum Gasteiger partial charge on any atom is 0.141 e. The first-order valence-electron chi connectivity index (χ1n) is 7.02. The second-order valence-corrected chi connectivity index (χ2v) is 5.59. The van der Waals surface area contributed by atoms with Crippen LogP contribution in [0.5, 0.6) is 0 Å². The average Bonchev–Trinajstić information content (AvgIpc) is 2.46. The van der Waals surface area contributed by atoms with Crippen LogP contribution in [0.3, 0.4) is 0 Å². The molecule has 0 unspecified atom stereocenters. The first-order valence-corrected chi connectivity index (χ1v) is 8.01. The van der Waals surface area contributed by atoms with Crippen molar-refractivity contribution < 1.29 is 0 Å². The minimum absolute atomic E-state index is 0.799. The molecule has 1 heterocycles. The third-order valence-electron chi connectivity index (χ3n) is 3.07. The molecule has 1 N–H and O–H groups in total. The van der Waals surface area contributed by atoms with Crippen molar-refractivity contribution in [1.29, 1.82) is 0 Å². The molecule has 2 rings (SSSR count). The Balaban J connectivity index is 2.16. The van der Waals surface area contributed by atoms with Crippen LogP contribution in [0.25, 0.3) is 0 Å². The number of rotatable bonds is 6. The molecule has 0 bridgehead atoms. The molecule has 0 fully saturated rings. The van der Waals surface area contributed by atoms with Crippen LogP contribution in [0.15, 0.2) is 35.2 Å². The molecule has 0 saturated carbocycles. The molecule has 0 aliphatic rings. The van der Waals surface area contributed by atoms with Crippen molar-refractivity contribution in [3.8, 4) is 0 Å². The normalized spacial score (nSPS) is 10.6. The number of anilines is 1. The van der Waals surface area contributed by atoms with Gasteiger partial charge in [0.25, 0.3) is 0 Å². The summed E-state index contributed by atoms with van der Waals surface area (Å²) in [6.07, 6.45) is 0.959. The van der Waals surface area contributed by atoms with Crippen LogP contribution in [-0.2, 0) is 12.2 Å². The number of nitrogens with zero attached hydrogens (tertiary/aromatic N) is 2. The third kappa shape index (κ3) is 3.73. The lowest BCUT2D eigenvalue weighted by Gasteiger charge is -2.12. The lowest BCUT2D eigenvalue weighted by molar-refractivity contribution is 0.932. The lowest BCUT2D eigenvalue weighted by atomic mass is 10.1. The predicted molar refractivity (Wildman–Crippen MR) is 86.3 cm³/mol. The van der Waals surface area contributed by atoms with Crippen LogP contribution >= 0.6 is 11.8 Å². The Labute approximate surface area is 125 Å². The van der Waals surface area contributed by atoms with Crippen LogP contribution in [0.4, 0.5) is 5.82 Å². The Bertz CT molecular complexity index is 555. The largest absolute Gasteiger partial charge is 0.370 e. The molecular formula is C16H21N3S. The number of hydrogen-bond acceptors (Lipinski definition) is 4. The van der Waals surface area contributed by atoms with Gasteiger partial charge in [0.05, 0.1) is 5.75 Å². The number of thioether (sulfide) groups is 1. The number of hydrogen-bond donors (Lipinski definition) is 1. The fraction of sp³-hybridized carbons (Fsp3) is 0.375. The topological polar surface area (TPSA) is 37.8 Å². The lowest BCUT2D eigenvalue weighted by Crippen LogP contribution is -2.09. The highest BCUT2D eigenvalue weighted by molar-refractivity contribution is 7.98. The van der Waals surface area contributed by atoms with Gasteiger partial charge in [-0.1, -0.05) is 25.1 Å². The summed E-state index contributed by atoms with van der Waals surface area (Å²) in [5, 5.41) is 3.35. The summed E-state index contributed by atoms with van der Waals surface area (Å²) in [6, 6.07) is 10.4. The molecule has 20 heavy (non-hydrogen) atoms. The van der Waals surface area contributed by atoms with Gasteiger partial charge in [-0.15, -0.1) is 11.8 Å². The molecule has 2 aromatic rings. The van der Waals surface area contributed by atoms with Gasteiger partial charge in [0, 0.05) is 22.7 Å². The summed E-state index contributed by atoms with van der Waals surface area (Å²) in [5.41, 5.74) is 2.31. The third-order valence-corrected chi connectivity index (χ3v) is 4.08. The Morgan fingerprint density at radius 1 is 1.10 bits per heavy atom. The van der Waals surface area contributed by atoms with E-state index in [0.29, 0.717) is 0 Å². The van der Waals surface area contributed by atoms with Crippen LogP contribution in [0.2, 0.25) is 0 Å². The highest BCUT2D eigenvalue weighted by atomic mass is 32.2. The maximum absolute atomic E-state index is 4.67. The Kier molecular flexibility index (Phi) is 5.41. The maximum atomic E-state index is 4.67. The number of aromatic nitrogens is 2. The summed E-state index contributed by atoms with van der Waals surface area (Å²) < 4.78 is 0. The second kappa shape index (κ2) is 7.29. The van der Waals surface area contributed by atoms with E-state index >= 15 is 0 Å². The van der Waals surface area contributed by atoms with Crippen LogP contribution in [0.1, 0.15) is 30.9 Å². The monoisotopic (exact) mass is 287 g/mol. The second-order valence-electron chi connectivity index (χ2n) is 4.54. The summed E-state index contributed by atoms with van der Waals surface area (Å²) in [7, 11) is 0. The van der Waals surface area contributed by atoms with Gasteiger partial charge in [0.2, 0.25) is 0 Å². The van der Waals surface area contributed by atoms with Gasteiger partial charge < -0.3 is 5.32 Å². The van der Waals surface area contributed by atoms with Crippen LogP contribution < -0.4 is 5.32 Å². The average molecular weight is 287 g/mol. The molecule has 0 spiro atoms. The Morgan fingerprint density at radius 2 is 1.85 bits per heavy atom. The number of nitrogens with one attached hydrogen (secondary N) is 1. The van der Waals surface area contributed by atoms with Crippen LogP contribution in [-0.4, -0.2) is 16.5 Å². The zero-order chi connectivity index (χ0) is 14.4. The van der Waals surface area contributed by atoms with Gasteiger partial charge in [0.15, 0.2) is 0 Å². The molecule has 1 aromatic heterocycles. The number of aryl methyl sites for hydroxylation is 1. The summed E-state index contributed by atoms with van der Waals surface area (Å²) in [6.45, 7) is 7.19. The van der Waals surface area contributed by atoms with Crippen LogP contribution in [0, 0.1) is 6.92 Å². The smallest absolute Gasteiger partial charge is 0.141 e. The van der Waals surface area contributed by atoms with E-state index in [1.54, 1.807) is 11.8 Å². The van der Waals surface area contributed by atoms with Crippen molar-refractivity contribution in [2.45, 2.75) is 37.8 Å². The van der Waals surface area contributed by atoms with Gasteiger partial charge in [-0.05, 0) is 32.4 Å². The van der Waals surface area contributed by atoms with Gasteiger partial charge in [-0.2, -0.15) is 0 Å². The van der Waals surface area contributed by atoms with Gasteiger partial charge >= 0.3 is 0 Å². The first-order chi connectivity index (χ1) is 9.74. The molecule has 1 aromatic carbocycles. The molecule has 4 heteroatoms. The minimum atomic E-state index is 0.799. The molecule has 3 nitrogen and oxygen atoms in total. The van der Waals surface area contributed by atoms with Crippen molar-refractivity contribution in [1.82, 2.24) is 9.97 Å². The van der Waals surface area contributed by atoms with Crippen molar-refractivity contribution >= 4 is 17.6 Å². The van der Waals surface area contributed by atoms with E-state index in [0.717, 1.165) is 36.1 Å². The van der Waals surface area contributed by atoms with E-state index in [1.165, 1.54) is 10.5 Å². The fourth-order valence-corrected chi connectivity index (χ4v) is 2.89. The van der Waals surface area contributed by atoms with E-state index in [1.807, 2.05) is 6.07 Å². The van der Waals surface area contributed by atoms with E-state index in [-0.39, 0.29) is 0 Å². The Hall–Kier alpha value is -1.55. The van der Waals surface area contributed by atoms with E-state index in [4.69, 9.17) is 0 Å². The summed E-state index contributed by atoms with van der Waals surface area (Å²) >= 11 is 1.77. The number of benzene rings is 1. The van der Waals surface area contributed by atoms with Crippen molar-refractivity contribution in [3.63, 3.8) is 0 Å². The molecule has 0 aliphatic carbocycles. The first kappa shape index (κ1) is 14.9. The van der Waals surface area contributed by atoms with Crippen molar-refractivity contribution in [2.24, 2.45) is 0 Å². The summed E-state index contributed by atoms with van der Waals surface area (Å²) in [5.74, 6) is 2.68. The SMILES string of the molecule is CCNc1nc(CSc2ccccc2)nc(C)c1CC. The van der Waals surface area contributed by atoms with Gasteiger partial charge in [-0.3, -0.25) is 0 Å². The van der Waals surface area contributed by atoms with Crippen molar-refractivity contribution in [2.75, 3.05) is 11.9 Å². The molecule has 0 radical (unpaired) electrons. The van der Waals surface area contributed by atoms with Crippen molar-refractivity contribution in [3.05, 3.63) is 47.4 Å². The molecule has 0 saturated heterocycles. The Morgan fingerprint density at radius 3 is 2.50 bits per heavy atom. The molecule has 0 atom stereocenters.